The molecule has 0 fully saturated rings. The molecule has 35 heteroatoms. The quantitative estimate of drug-likeness (QED) is 0.0281. The molecule has 0 spiro atoms. The molecule has 0 aliphatic rings. The fourth-order valence-electron chi connectivity index (χ4n) is 4.83. The summed E-state index contributed by atoms with van der Waals surface area (Å²) in [4.78, 5) is 19.4. The number of carbonyl (C=O) groups excluding carboxylic acids is 1. The molecule has 63 heavy (non-hydrogen) atoms. The molecule has 6 N–H and O–H groups in total. The average Bonchev–Trinajstić information content (AvgIpc) is 3.08. The molecule has 0 saturated heterocycles. The van der Waals surface area contributed by atoms with Crippen LogP contribution in [0.15, 0.2) is 96.5 Å². The van der Waals surface area contributed by atoms with Gasteiger partial charge in [0.2, 0.25) is 22.3 Å². The minimum atomic E-state index is -5.53. The summed E-state index contributed by atoms with van der Waals surface area (Å²) in [6.07, 6.45) is 0. The number of hydrogen-bond acceptors (Lipinski definition) is 24. The molecule has 5 aromatic rings. The van der Waals surface area contributed by atoms with Crippen LogP contribution in [0.3, 0.4) is 0 Å². The van der Waals surface area contributed by atoms with E-state index in [1.165, 1.54) is 18.2 Å². The van der Waals surface area contributed by atoms with Gasteiger partial charge in [0, 0.05) is 16.8 Å². The van der Waals surface area contributed by atoms with Crippen molar-refractivity contribution in [3.05, 3.63) is 66.7 Å². The Morgan fingerprint density at radius 3 is 1.71 bits per heavy atom. The van der Waals surface area contributed by atoms with Crippen molar-refractivity contribution >= 4 is 108 Å². The van der Waals surface area contributed by atoms with E-state index in [1.54, 1.807) is 0 Å². The van der Waals surface area contributed by atoms with Crippen molar-refractivity contribution in [2.24, 2.45) is 16.0 Å². The molecule has 4 aromatic carbocycles. The van der Waals surface area contributed by atoms with Gasteiger partial charge in [-0.2, -0.15) is 15.0 Å². The fraction of sp³-hybridized carbons (Fsp3) is 0.0714. The van der Waals surface area contributed by atoms with Gasteiger partial charge in [-0.1, -0.05) is 0 Å². The van der Waals surface area contributed by atoms with Crippen molar-refractivity contribution in [2.75, 3.05) is 28.3 Å². The van der Waals surface area contributed by atoms with Crippen LogP contribution in [0.5, 0.6) is 6.01 Å². The van der Waals surface area contributed by atoms with Crippen LogP contribution in [0.4, 0.5) is 45.1 Å². The zero-order chi connectivity index (χ0) is 43.7. The average molecular weight is 1010 g/mol. The standard InChI is InChI=1S/C28H25N9O17S5.4Na/c29-25(38)32-21-11-16(31-27-33-26(34-28(39)35-27)30-15-1-4-17(5-2-15)55(40,41)8-7-54-59(51,52)53)3-6-20(21)36-37-22-13-19-14(10-24(22)58(48,49)50)9-18(56(42,43)44)12-23(19)57(45,46)47;;;;/h1-6,9-13H,7-8H2,(H3,29,32,38)(H,42,43,44)(H,45,46,47)(H,48,49,50)(H,51,52,53)(H3,30,31,33,34,35,39);;;;/q;4*+1/p-4. The number of primary amides is 1. The van der Waals surface area contributed by atoms with Gasteiger partial charge >= 0.3 is 130 Å². The topological polar surface area (TPSA) is 435 Å². The molecule has 2 amide bonds. The number of sulfone groups is 1. The second-order valence-corrected chi connectivity index (χ2v) is 18.6. The van der Waals surface area contributed by atoms with Crippen LogP contribution in [0.1, 0.15) is 0 Å². The van der Waals surface area contributed by atoms with Gasteiger partial charge in [-0.15, -0.1) is 10.2 Å². The smallest absolute Gasteiger partial charge is 0.744 e. The SMILES string of the molecule is NC(=O)Nc1cc(Nc2nc(O)nc(Nc3ccc(S(=O)(=O)CCOS(=O)(=O)[O-])cc3)n2)ccc1N=Nc1cc2c(S(=O)(=O)[O-])cc(S(=O)(=O)[O-])cc2cc1S(=O)(=O)[O-].[Na+].[Na+].[Na+].[Na+]. The van der Waals surface area contributed by atoms with E-state index in [9.17, 15) is 70.2 Å². The number of aromatic hydroxyl groups is 1. The van der Waals surface area contributed by atoms with E-state index >= 15 is 0 Å². The van der Waals surface area contributed by atoms with Gasteiger partial charge in [0.1, 0.15) is 41.7 Å². The number of anilines is 5. The number of nitrogens with one attached hydrogen (secondary N) is 3. The maximum absolute atomic E-state index is 12.4. The van der Waals surface area contributed by atoms with Gasteiger partial charge in [-0.25, -0.2) is 46.9 Å². The van der Waals surface area contributed by atoms with Crippen molar-refractivity contribution in [1.82, 2.24) is 15.0 Å². The first kappa shape index (κ1) is 59.0. The number of carbonyl (C=O) groups is 1. The Balaban J connectivity index is 0.00000496. The van der Waals surface area contributed by atoms with Gasteiger partial charge in [-0.3, -0.25) is 4.18 Å². The van der Waals surface area contributed by atoms with E-state index in [0.717, 1.165) is 24.3 Å². The van der Waals surface area contributed by atoms with Gasteiger partial charge in [0.25, 0.3) is 0 Å². The minimum Gasteiger partial charge on any atom is -0.744 e. The maximum Gasteiger partial charge on any atom is 1.00 e. The number of azo groups is 1. The maximum atomic E-state index is 12.4. The third kappa shape index (κ3) is 16.7. The van der Waals surface area contributed by atoms with Gasteiger partial charge in [0.05, 0.1) is 37.6 Å². The van der Waals surface area contributed by atoms with Crippen LogP contribution in [0, 0.1) is 0 Å². The number of nitrogens with two attached hydrogens (primary N) is 1. The summed E-state index contributed by atoms with van der Waals surface area (Å²) in [5, 5.41) is 23.9. The molecule has 0 aliphatic heterocycles. The zero-order valence-electron chi connectivity index (χ0n) is 32.6. The number of amides is 2. The molecule has 26 nitrogen and oxygen atoms in total. The molecule has 1 aromatic heterocycles. The molecule has 0 unspecified atom stereocenters. The number of urea groups is 1. The summed E-state index contributed by atoms with van der Waals surface area (Å²) in [5.41, 5.74) is 4.11. The molecule has 1 heterocycles. The predicted molar refractivity (Wildman–Crippen MR) is 194 cm³/mol. The number of hydrogen-bond donors (Lipinski definition) is 5. The monoisotopic (exact) mass is 1010 g/mol. The first-order chi connectivity index (χ1) is 27.2. The number of rotatable bonds is 15. The Bertz CT molecular complexity index is 3140. The Hall–Kier alpha value is -2.03. The minimum absolute atomic E-state index is 0. The van der Waals surface area contributed by atoms with Crippen molar-refractivity contribution in [3.63, 3.8) is 0 Å². The second kappa shape index (κ2) is 23.1. The van der Waals surface area contributed by atoms with E-state index in [-0.39, 0.29) is 164 Å². The van der Waals surface area contributed by atoms with Crippen LogP contribution in [-0.2, 0) is 54.8 Å². The Kier molecular flexibility index (Phi) is 21.6. The second-order valence-electron chi connectivity index (χ2n) is 11.4. The summed E-state index contributed by atoms with van der Waals surface area (Å²) >= 11 is 0. The van der Waals surface area contributed by atoms with Crippen molar-refractivity contribution < 1.29 is 193 Å². The van der Waals surface area contributed by atoms with E-state index in [1.807, 2.05) is 0 Å². The number of benzene rings is 4. The fourth-order valence-corrected chi connectivity index (χ4v) is 8.27. The molecule has 0 bridgehead atoms. The summed E-state index contributed by atoms with van der Waals surface area (Å²) in [5.74, 6) is -1.44. The van der Waals surface area contributed by atoms with Crippen molar-refractivity contribution in [2.45, 2.75) is 19.6 Å². The van der Waals surface area contributed by atoms with Crippen LogP contribution < -0.4 is 140 Å². The molecular weight excluding hydrogens is 987 g/mol. The zero-order valence-corrected chi connectivity index (χ0v) is 44.7. The Morgan fingerprint density at radius 2 is 1.19 bits per heavy atom. The third-order valence-corrected chi connectivity index (χ3v) is 11.9. The molecule has 0 saturated carbocycles. The van der Waals surface area contributed by atoms with Crippen LogP contribution in [0.25, 0.3) is 10.8 Å². The van der Waals surface area contributed by atoms with E-state index < -0.39 is 106 Å². The Morgan fingerprint density at radius 1 is 0.651 bits per heavy atom. The van der Waals surface area contributed by atoms with E-state index in [0.29, 0.717) is 18.2 Å². The van der Waals surface area contributed by atoms with Crippen LogP contribution >= 0.6 is 0 Å². The molecule has 0 aliphatic carbocycles. The largest absolute Gasteiger partial charge is 1.00 e. The number of aromatic nitrogens is 3. The first-order valence-electron chi connectivity index (χ1n) is 15.2. The van der Waals surface area contributed by atoms with Gasteiger partial charge < -0.3 is 45.0 Å². The first-order valence-corrected chi connectivity index (χ1v) is 22.4. The summed E-state index contributed by atoms with van der Waals surface area (Å²) < 4.78 is 168. The molecule has 0 radical (unpaired) electrons. The molecule has 5 rings (SSSR count). The van der Waals surface area contributed by atoms with Crippen molar-refractivity contribution in [3.8, 4) is 6.01 Å². The van der Waals surface area contributed by atoms with Crippen molar-refractivity contribution in [1.29, 1.82) is 0 Å². The Labute approximate surface area is 446 Å². The van der Waals surface area contributed by atoms with Crippen LogP contribution in [0.2, 0.25) is 0 Å². The number of nitrogens with zero attached hydrogens (tertiary/aromatic N) is 5. The predicted octanol–water partition coefficient (Wildman–Crippen LogP) is -10.9. The molecule has 314 valence electrons. The third-order valence-electron chi connectivity index (χ3n) is 7.24. The normalized spacial score (nSPS) is 11.9. The van der Waals surface area contributed by atoms with E-state index in [2.05, 4.69) is 45.3 Å². The summed E-state index contributed by atoms with van der Waals surface area (Å²) in [6, 6.07) is 8.23. The summed E-state index contributed by atoms with van der Waals surface area (Å²) in [7, 11) is -25.6. The number of fused-ring (bicyclic) bond motifs is 1. The van der Waals surface area contributed by atoms with Crippen LogP contribution in [-0.4, -0.2) is 98.7 Å². The van der Waals surface area contributed by atoms with Gasteiger partial charge in [0.15, 0.2) is 9.84 Å². The molecule has 0 atom stereocenters. The van der Waals surface area contributed by atoms with Gasteiger partial charge in [-0.05, 0) is 72.1 Å². The summed E-state index contributed by atoms with van der Waals surface area (Å²) in [6.45, 7) is -0.909. The van der Waals surface area contributed by atoms with E-state index in [4.69, 9.17) is 5.73 Å². The molecular formula is C28H21N9Na4O17S5.